The molecule has 1 aliphatic heterocycles. The van der Waals surface area contributed by atoms with Crippen molar-refractivity contribution in [2.24, 2.45) is 0 Å². The maximum atomic E-state index is 12.9. The van der Waals surface area contributed by atoms with Crippen molar-refractivity contribution in [3.8, 4) is 11.5 Å². The van der Waals surface area contributed by atoms with Crippen LogP contribution in [0.2, 0.25) is 0 Å². The number of aliphatic hydroxyl groups excluding tert-OH is 1. The van der Waals surface area contributed by atoms with Gasteiger partial charge in [-0.3, -0.25) is 9.59 Å². The number of nitrogens with zero attached hydrogens (tertiary/aromatic N) is 1. The molecule has 1 atom stereocenters. The number of likely N-dealkylation sites (tertiary alicyclic amines) is 1. The molecule has 164 valence electrons. The highest BCUT2D eigenvalue weighted by molar-refractivity contribution is 6.46. The minimum Gasteiger partial charge on any atom is -0.508 e. The van der Waals surface area contributed by atoms with E-state index in [1.54, 1.807) is 36.4 Å². The van der Waals surface area contributed by atoms with Gasteiger partial charge in [-0.25, -0.2) is 0 Å². The first-order chi connectivity index (χ1) is 15.0. The Labute approximate surface area is 181 Å². The lowest BCUT2D eigenvalue weighted by Gasteiger charge is -2.25. The van der Waals surface area contributed by atoms with Crippen LogP contribution in [-0.4, -0.2) is 53.7 Å². The van der Waals surface area contributed by atoms with Crippen LogP contribution in [-0.2, 0) is 14.3 Å². The quantitative estimate of drug-likeness (QED) is 0.276. The second-order valence-electron chi connectivity index (χ2n) is 7.31. The summed E-state index contributed by atoms with van der Waals surface area (Å²) < 4.78 is 10.8. The van der Waals surface area contributed by atoms with Crippen molar-refractivity contribution in [3.63, 3.8) is 0 Å². The number of amides is 1. The van der Waals surface area contributed by atoms with Gasteiger partial charge in [0.25, 0.3) is 11.7 Å². The third-order valence-corrected chi connectivity index (χ3v) is 5.14. The van der Waals surface area contributed by atoms with Crippen molar-refractivity contribution in [1.82, 2.24) is 4.90 Å². The number of ether oxygens (including phenoxy) is 2. The van der Waals surface area contributed by atoms with Gasteiger partial charge in [-0.15, -0.1) is 0 Å². The zero-order chi connectivity index (χ0) is 22.4. The molecule has 0 aliphatic carbocycles. The summed E-state index contributed by atoms with van der Waals surface area (Å²) in [7, 11) is 1.50. The number of aliphatic hydroxyl groups is 1. The van der Waals surface area contributed by atoms with Crippen LogP contribution in [0.5, 0.6) is 11.5 Å². The summed E-state index contributed by atoms with van der Waals surface area (Å²) in [6, 6.07) is 12.3. The Morgan fingerprint density at radius 3 is 2.58 bits per heavy atom. The van der Waals surface area contributed by atoms with E-state index in [0.717, 1.165) is 12.8 Å². The van der Waals surface area contributed by atoms with Crippen molar-refractivity contribution in [2.75, 3.05) is 26.9 Å². The molecule has 1 saturated heterocycles. The summed E-state index contributed by atoms with van der Waals surface area (Å²) in [5.41, 5.74) is 0.869. The minimum absolute atomic E-state index is 0.00107. The Bertz CT molecular complexity index is 984. The van der Waals surface area contributed by atoms with Crippen molar-refractivity contribution in [1.29, 1.82) is 0 Å². The first-order valence-corrected chi connectivity index (χ1v) is 10.3. The predicted molar refractivity (Wildman–Crippen MR) is 116 cm³/mol. The van der Waals surface area contributed by atoms with Gasteiger partial charge in [0.2, 0.25) is 0 Å². The molecule has 1 fully saturated rings. The van der Waals surface area contributed by atoms with Crippen LogP contribution in [0.4, 0.5) is 0 Å². The highest BCUT2D eigenvalue weighted by atomic mass is 16.5. The SMILES string of the molecule is CCCCOc1cccc(C(O)=C2C(=O)C(=O)N(CCOC)C2c2cccc(O)c2)c1. The average Bonchev–Trinajstić information content (AvgIpc) is 3.02. The van der Waals surface area contributed by atoms with E-state index in [-0.39, 0.29) is 30.2 Å². The van der Waals surface area contributed by atoms with Crippen LogP contribution in [0.1, 0.15) is 36.9 Å². The highest BCUT2D eigenvalue weighted by Crippen LogP contribution is 2.40. The van der Waals surface area contributed by atoms with Crippen LogP contribution >= 0.6 is 0 Å². The van der Waals surface area contributed by atoms with E-state index in [2.05, 4.69) is 6.92 Å². The topological polar surface area (TPSA) is 96.3 Å². The number of rotatable bonds is 9. The summed E-state index contributed by atoms with van der Waals surface area (Å²) >= 11 is 0. The number of unbranched alkanes of at least 4 members (excludes halogenated alkanes) is 1. The molecule has 2 aromatic carbocycles. The Morgan fingerprint density at radius 2 is 1.87 bits per heavy atom. The Morgan fingerprint density at radius 1 is 1.10 bits per heavy atom. The van der Waals surface area contributed by atoms with Gasteiger partial charge in [0.1, 0.15) is 17.3 Å². The number of ketones is 1. The second kappa shape index (κ2) is 10.1. The van der Waals surface area contributed by atoms with Gasteiger partial charge in [0.15, 0.2) is 0 Å². The maximum absolute atomic E-state index is 12.9. The largest absolute Gasteiger partial charge is 0.508 e. The van der Waals surface area contributed by atoms with Crippen molar-refractivity contribution >= 4 is 17.4 Å². The van der Waals surface area contributed by atoms with Crippen LogP contribution in [0.25, 0.3) is 5.76 Å². The number of carbonyl (C=O) groups is 2. The monoisotopic (exact) mass is 425 g/mol. The first kappa shape index (κ1) is 22.4. The zero-order valence-corrected chi connectivity index (χ0v) is 17.7. The molecule has 0 spiro atoms. The van der Waals surface area contributed by atoms with Crippen LogP contribution in [0.15, 0.2) is 54.1 Å². The standard InChI is InChI=1S/C24H27NO6/c1-3-4-12-31-19-10-6-8-17(15-19)22(27)20-21(16-7-5-9-18(26)14-16)25(11-13-30-2)24(29)23(20)28/h5-10,14-15,21,26-27H,3-4,11-13H2,1-2H3. The molecule has 1 heterocycles. The third-order valence-electron chi connectivity index (χ3n) is 5.14. The number of methoxy groups -OCH3 is 1. The fraction of sp³-hybridized carbons (Fsp3) is 0.333. The third kappa shape index (κ3) is 4.88. The lowest BCUT2D eigenvalue weighted by Crippen LogP contribution is -2.32. The van der Waals surface area contributed by atoms with Crippen LogP contribution in [0.3, 0.4) is 0 Å². The minimum atomic E-state index is -0.841. The predicted octanol–water partition coefficient (Wildman–Crippen LogP) is 3.64. The van der Waals surface area contributed by atoms with Gasteiger partial charge in [-0.2, -0.15) is 0 Å². The van der Waals surface area contributed by atoms with Crippen molar-refractivity contribution in [3.05, 3.63) is 65.2 Å². The molecule has 7 heteroatoms. The Kier molecular flexibility index (Phi) is 7.31. The van der Waals surface area contributed by atoms with E-state index < -0.39 is 17.7 Å². The molecule has 1 aliphatic rings. The molecule has 0 aromatic heterocycles. The summed E-state index contributed by atoms with van der Waals surface area (Å²) in [5.74, 6) is -1.21. The number of carbonyl (C=O) groups excluding carboxylic acids is 2. The molecular weight excluding hydrogens is 398 g/mol. The van der Waals surface area contributed by atoms with Gasteiger partial charge < -0.3 is 24.6 Å². The molecule has 1 amide bonds. The second-order valence-corrected chi connectivity index (χ2v) is 7.31. The number of Topliss-reactive ketones (excluding diaryl/α,β-unsaturated/α-hetero) is 1. The maximum Gasteiger partial charge on any atom is 0.295 e. The molecule has 3 rings (SSSR count). The molecule has 31 heavy (non-hydrogen) atoms. The summed E-state index contributed by atoms with van der Waals surface area (Å²) in [5, 5.41) is 21.0. The van der Waals surface area contributed by atoms with Crippen LogP contribution < -0.4 is 4.74 Å². The molecule has 2 aromatic rings. The van der Waals surface area contributed by atoms with Crippen LogP contribution in [0, 0.1) is 0 Å². The summed E-state index contributed by atoms with van der Waals surface area (Å²) in [6.07, 6.45) is 1.90. The normalized spacial score (nSPS) is 17.9. The molecule has 1 unspecified atom stereocenters. The molecule has 0 saturated carbocycles. The molecule has 2 N–H and O–H groups in total. The fourth-order valence-electron chi connectivity index (χ4n) is 3.56. The van der Waals surface area contributed by atoms with Gasteiger partial charge in [0, 0.05) is 19.2 Å². The Balaban J connectivity index is 2.07. The Hall–Kier alpha value is -3.32. The van der Waals surface area contributed by atoms with Gasteiger partial charge in [0.05, 0.1) is 24.8 Å². The zero-order valence-electron chi connectivity index (χ0n) is 17.7. The lowest BCUT2D eigenvalue weighted by molar-refractivity contribution is -0.140. The molecule has 0 bridgehead atoms. The number of aromatic hydroxyl groups is 1. The first-order valence-electron chi connectivity index (χ1n) is 10.3. The molecule has 0 radical (unpaired) electrons. The van der Waals surface area contributed by atoms with E-state index in [0.29, 0.717) is 23.5 Å². The van der Waals surface area contributed by atoms with Crippen molar-refractivity contribution in [2.45, 2.75) is 25.8 Å². The van der Waals surface area contributed by atoms with E-state index in [1.807, 2.05) is 0 Å². The average molecular weight is 425 g/mol. The fourth-order valence-corrected chi connectivity index (χ4v) is 3.56. The highest BCUT2D eigenvalue weighted by Gasteiger charge is 2.46. The van der Waals surface area contributed by atoms with Crippen molar-refractivity contribution < 1.29 is 29.3 Å². The number of phenols is 1. The van der Waals surface area contributed by atoms with E-state index >= 15 is 0 Å². The number of hydrogen-bond donors (Lipinski definition) is 2. The number of phenolic OH excluding ortho intramolecular Hbond substituents is 1. The van der Waals surface area contributed by atoms with E-state index in [1.165, 1.54) is 24.1 Å². The summed E-state index contributed by atoms with van der Waals surface area (Å²) in [4.78, 5) is 27.0. The van der Waals surface area contributed by atoms with Gasteiger partial charge in [-0.05, 0) is 36.2 Å². The number of benzene rings is 2. The van der Waals surface area contributed by atoms with Gasteiger partial charge in [-0.1, -0.05) is 37.6 Å². The molecular formula is C24H27NO6. The van der Waals surface area contributed by atoms with E-state index in [9.17, 15) is 19.8 Å². The lowest BCUT2D eigenvalue weighted by atomic mass is 9.95. The van der Waals surface area contributed by atoms with Gasteiger partial charge >= 0.3 is 0 Å². The smallest absolute Gasteiger partial charge is 0.295 e. The van der Waals surface area contributed by atoms with E-state index in [4.69, 9.17) is 9.47 Å². The number of hydrogen-bond acceptors (Lipinski definition) is 6. The summed E-state index contributed by atoms with van der Waals surface area (Å²) in [6.45, 7) is 3.00. The molecule has 7 nitrogen and oxygen atoms in total.